The molecule has 0 spiro atoms. The van der Waals surface area contributed by atoms with Gasteiger partial charge in [-0.05, 0) is 31.6 Å². The molecule has 2 fully saturated rings. The van der Waals surface area contributed by atoms with Crippen LogP contribution in [0.3, 0.4) is 0 Å². The number of nitrogens with two attached hydrogens (primary N) is 1. The molecule has 21 heavy (non-hydrogen) atoms. The summed E-state index contributed by atoms with van der Waals surface area (Å²) in [5, 5.41) is 3.32. The molecule has 6 nitrogen and oxygen atoms in total. The Morgan fingerprint density at radius 1 is 1.24 bits per heavy atom. The van der Waals surface area contributed by atoms with Crippen molar-refractivity contribution >= 4 is 15.7 Å². The smallest absolute Gasteiger partial charge is 0.150 e. The van der Waals surface area contributed by atoms with E-state index in [1.54, 1.807) is 6.33 Å². The van der Waals surface area contributed by atoms with Gasteiger partial charge in [0.2, 0.25) is 0 Å². The van der Waals surface area contributed by atoms with Crippen LogP contribution in [0.4, 0.5) is 5.82 Å². The zero-order valence-electron chi connectivity index (χ0n) is 12.0. The van der Waals surface area contributed by atoms with Gasteiger partial charge in [-0.2, -0.15) is 0 Å². The molecule has 7 heteroatoms. The van der Waals surface area contributed by atoms with Crippen molar-refractivity contribution in [3.8, 4) is 0 Å². The molecule has 2 aliphatic rings. The SMILES string of the molecule is NC1CC(c2cc(NCC3CCS(=O)(=O)CC3)ncn2)C1. The largest absolute Gasteiger partial charge is 0.370 e. The summed E-state index contributed by atoms with van der Waals surface area (Å²) < 4.78 is 22.8. The average Bonchev–Trinajstić information content (AvgIpc) is 2.43. The first-order valence-electron chi connectivity index (χ1n) is 7.53. The minimum absolute atomic E-state index is 0.311. The highest BCUT2D eigenvalue weighted by Gasteiger charge is 2.28. The molecule has 0 amide bonds. The van der Waals surface area contributed by atoms with Gasteiger partial charge < -0.3 is 11.1 Å². The second-order valence-corrected chi connectivity index (χ2v) is 8.54. The molecule has 1 saturated carbocycles. The van der Waals surface area contributed by atoms with E-state index in [-0.39, 0.29) is 0 Å². The van der Waals surface area contributed by atoms with Gasteiger partial charge in [-0.25, -0.2) is 18.4 Å². The first-order chi connectivity index (χ1) is 10.0. The van der Waals surface area contributed by atoms with Gasteiger partial charge in [0.25, 0.3) is 0 Å². The molecule has 0 aromatic carbocycles. The molecule has 1 aliphatic carbocycles. The summed E-state index contributed by atoms with van der Waals surface area (Å²) >= 11 is 0. The van der Waals surface area contributed by atoms with Gasteiger partial charge in [-0.1, -0.05) is 0 Å². The number of nitrogens with zero attached hydrogens (tertiary/aromatic N) is 2. The van der Waals surface area contributed by atoms with E-state index in [1.165, 1.54) is 0 Å². The predicted molar refractivity (Wildman–Crippen MR) is 81.8 cm³/mol. The van der Waals surface area contributed by atoms with Gasteiger partial charge in [-0.3, -0.25) is 0 Å². The van der Waals surface area contributed by atoms with Crippen LogP contribution in [0.15, 0.2) is 12.4 Å². The molecule has 0 atom stereocenters. The van der Waals surface area contributed by atoms with Gasteiger partial charge in [0.15, 0.2) is 0 Å². The van der Waals surface area contributed by atoms with Gasteiger partial charge in [-0.15, -0.1) is 0 Å². The summed E-state index contributed by atoms with van der Waals surface area (Å²) in [7, 11) is -2.78. The molecule has 0 unspecified atom stereocenters. The maximum absolute atomic E-state index is 11.4. The standard InChI is InChI=1S/C14H22N4O2S/c15-12-5-11(6-12)13-7-14(18-9-17-13)16-8-10-1-3-21(19,20)4-2-10/h7,9-12H,1-6,8,15H2,(H,16,17,18). The van der Waals surface area contributed by atoms with E-state index in [4.69, 9.17) is 5.73 Å². The minimum atomic E-state index is -2.78. The zero-order valence-corrected chi connectivity index (χ0v) is 12.8. The van der Waals surface area contributed by atoms with Crippen molar-refractivity contribution in [2.24, 2.45) is 11.7 Å². The Labute approximate surface area is 125 Å². The summed E-state index contributed by atoms with van der Waals surface area (Å²) in [5.74, 6) is 2.32. The number of anilines is 1. The number of nitrogens with one attached hydrogen (secondary N) is 1. The Balaban J connectivity index is 1.52. The van der Waals surface area contributed by atoms with Crippen LogP contribution < -0.4 is 11.1 Å². The number of rotatable bonds is 4. The van der Waals surface area contributed by atoms with Crippen molar-refractivity contribution in [2.75, 3.05) is 23.4 Å². The molecular formula is C14H22N4O2S. The normalized spacial score (nSPS) is 28.8. The molecule has 3 rings (SSSR count). The van der Waals surface area contributed by atoms with E-state index in [0.29, 0.717) is 29.4 Å². The van der Waals surface area contributed by atoms with Crippen LogP contribution in [0.5, 0.6) is 0 Å². The minimum Gasteiger partial charge on any atom is -0.370 e. The van der Waals surface area contributed by atoms with Crippen molar-refractivity contribution in [1.82, 2.24) is 9.97 Å². The van der Waals surface area contributed by atoms with Gasteiger partial charge in [0.1, 0.15) is 22.0 Å². The lowest BCUT2D eigenvalue weighted by Crippen LogP contribution is -2.35. The van der Waals surface area contributed by atoms with E-state index < -0.39 is 9.84 Å². The molecular weight excluding hydrogens is 288 g/mol. The lowest BCUT2D eigenvalue weighted by atomic mass is 9.78. The maximum Gasteiger partial charge on any atom is 0.150 e. The first kappa shape index (κ1) is 14.7. The molecule has 0 bridgehead atoms. The third-order valence-electron chi connectivity index (χ3n) is 4.53. The van der Waals surface area contributed by atoms with Crippen molar-refractivity contribution in [3.63, 3.8) is 0 Å². The molecule has 1 aromatic heterocycles. The highest BCUT2D eigenvalue weighted by Crippen LogP contribution is 2.34. The molecule has 116 valence electrons. The molecule has 3 N–H and O–H groups in total. The third-order valence-corrected chi connectivity index (χ3v) is 6.24. The van der Waals surface area contributed by atoms with E-state index in [2.05, 4.69) is 15.3 Å². The number of hydrogen-bond acceptors (Lipinski definition) is 6. The summed E-state index contributed by atoms with van der Waals surface area (Å²) in [4.78, 5) is 8.56. The van der Waals surface area contributed by atoms with Crippen LogP contribution in [0.25, 0.3) is 0 Å². The highest BCUT2D eigenvalue weighted by atomic mass is 32.2. The van der Waals surface area contributed by atoms with Crippen molar-refractivity contribution in [1.29, 1.82) is 0 Å². The fourth-order valence-electron chi connectivity index (χ4n) is 2.99. The predicted octanol–water partition coefficient (Wildman–Crippen LogP) is 0.918. The lowest BCUT2D eigenvalue weighted by Gasteiger charge is -2.31. The maximum atomic E-state index is 11.4. The van der Waals surface area contributed by atoms with Crippen molar-refractivity contribution < 1.29 is 8.42 Å². The van der Waals surface area contributed by atoms with Crippen LogP contribution in [0.1, 0.15) is 37.3 Å². The van der Waals surface area contributed by atoms with Crippen molar-refractivity contribution in [2.45, 2.75) is 37.6 Å². The highest BCUT2D eigenvalue weighted by molar-refractivity contribution is 7.91. The lowest BCUT2D eigenvalue weighted by molar-refractivity contribution is 0.345. The van der Waals surface area contributed by atoms with Gasteiger partial charge in [0, 0.05) is 30.3 Å². The summed E-state index contributed by atoms with van der Waals surface area (Å²) in [6.45, 7) is 0.774. The summed E-state index contributed by atoms with van der Waals surface area (Å²) in [5.41, 5.74) is 6.87. The Bertz CT molecular complexity index is 585. The van der Waals surface area contributed by atoms with Crippen molar-refractivity contribution in [3.05, 3.63) is 18.1 Å². The van der Waals surface area contributed by atoms with Crippen LogP contribution in [0.2, 0.25) is 0 Å². The monoisotopic (exact) mass is 310 g/mol. The third kappa shape index (κ3) is 3.71. The molecule has 0 radical (unpaired) electrons. The van der Waals surface area contributed by atoms with Gasteiger partial charge >= 0.3 is 0 Å². The van der Waals surface area contributed by atoms with Crippen LogP contribution >= 0.6 is 0 Å². The van der Waals surface area contributed by atoms with E-state index in [9.17, 15) is 8.42 Å². The average molecular weight is 310 g/mol. The van der Waals surface area contributed by atoms with E-state index in [1.807, 2.05) is 6.07 Å². The Morgan fingerprint density at radius 3 is 2.62 bits per heavy atom. The molecule has 2 heterocycles. The van der Waals surface area contributed by atoms with Crippen LogP contribution in [0, 0.1) is 5.92 Å². The summed E-state index contributed by atoms with van der Waals surface area (Å²) in [6, 6.07) is 2.31. The second-order valence-electron chi connectivity index (χ2n) is 6.23. The molecule has 1 aliphatic heterocycles. The van der Waals surface area contributed by atoms with Crippen LogP contribution in [-0.2, 0) is 9.84 Å². The quantitative estimate of drug-likeness (QED) is 0.858. The second kappa shape index (κ2) is 5.88. The van der Waals surface area contributed by atoms with Crippen LogP contribution in [-0.4, -0.2) is 42.5 Å². The fourth-order valence-corrected chi connectivity index (χ4v) is 4.58. The number of aromatic nitrogens is 2. The number of hydrogen-bond donors (Lipinski definition) is 2. The fraction of sp³-hybridized carbons (Fsp3) is 0.714. The number of sulfone groups is 1. The van der Waals surface area contributed by atoms with Gasteiger partial charge in [0.05, 0.1) is 11.5 Å². The Hall–Kier alpha value is -1.21. The van der Waals surface area contributed by atoms with E-state index >= 15 is 0 Å². The Kier molecular flexibility index (Phi) is 4.12. The van der Waals surface area contributed by atoms with E-state index in [0.717, 1.165) is 43.7 Å². The zero-order chi connectivity index (χ0) is 14.9. The first-order valence-corrected chi connectivity index (χ1v) is 9.36. The molecule has 1 aromatic rings. The molecule has 1 saturated heterocycles. The Morgan fingerprint density at radius 2 is 1.95 bits per heavy atom. The topological polar surface area (TPSA) is 98.0 Å². The summed E-state index contributed by atoms with van der Waals surface area (Å²) in [6.07, 6.45) is 5.07.